The lowest BCUT2D eigenvalue weighted by Crippen LogP contribution is -2.06. The highest BCUT2D eigenvalue weighted by atomic mass is 16.6. The largest absolute Gasteiger partial charge is 0.465 e. The number of carbonyl (C=O) groups excluding carboxylic acids is 2. The SMILES string of the molecule is CCOC(=O)C=Cc1cc(C(=O)OC)c(C)c([N+](=O)[O-])c1. The van der Waals surface area contributed by atoms with Gasteiger partial charge in [0.15, 0.2) is 0 Å². The monoisotopic (exact) mass is 293 g/mol. The second-order valence-corrected chi connectivity index (χ2v) is 4.05. The Hall–Kier alpha value is -2.70. The van der Waals surface area contributed by atoms with E-state index in [0.29, 0.717) is 5.56 Å². The van der Waals surface area contributed by atoms with E-state index in [2.05, 4.69) is 4.74 Å². The van der Waals surface area contributed by atoms with E-state index in [1.807, 2.05) is 0 Å². The molecule has 7 nitrogen and oxygen atoms in total. The van der Waals surface area contributed by atoms with E-state index in [0.717, 1.165) is 6.08 Å². The van der Waals surface area contributed by atoms with Crippen LogP contribution < -0.4 is 0 Å². The highest BCUT2D eigenvalue weighted by molar-refractivity contribution is 5.94. The Morgan fingerprint density at radius 3 is 2.57 bits per heavy atom. The predicted octanol–water partition coefficient (Wildman–Crippen LogP) is 2.27. The van der Waals surface area contributed by atoms with E-state index in [9.17, 15) is 19.7 Å². The van der Waals surface area contributed by atoms with Crippen molar-refractivity contribution in [3.8, 4) is 0 Å². The van der Waals surface area contributed by atoms with Gasteiger partial charge in [0.2, 0.25) is 0 Å². The third-order valence-electron chi connectivity index (χ3n) is 2.70. The molecule has 1 aromatic rings. The normalized spacial score (nSPS) is 10.4. The Morgan fingerprint density at radius 1 is 1.38 bits per heavy atom. The molecular formula is C14H15NO6. The molecule has 1 aromatic carbocycles. The molecule has 0 radical (unpaired) electrons. The van der Waals surface area contributed by atoms with Crippen LogP contribution in [-0.2, 0) is 14.3 Å². The van der Waals surface area contributed by atoms with Gasteiger partial charge >= 0.3 is 11.9 Å². The molecule has 0 aliphatic carbocycles. The van der Waals surface area contributed by atoms with Crippen molar-refractivity contribution in [2.24, 2.45) is 0 Å². The van der Waals surface area contributed by atoms with E-state index in [-0.39, 0.29) is 23.4 Å². The lowest BCUT2D eigenvalue weighted by Gasteiger charge is -2.06. The summed E-state index contributed by atoms with van der Waals surface area (Å²) in [6.07, 6.45) is 2.48. The summed E-state index contributed by atoms with van der Waals surface area (Å²) in [4.78, 5) is 33.3. The first-order valence-corrected chi connectivity index (χ1v) is 6.12. The zero-order valence-electron chi connectivity index (χ0n) is 11.9. The molecule has 0 N–H and O–H groups in total. The molecule has 0 fully saturated rings. The van der Waals surface area contributed by atoms with Gasteiger partial charge in [-0.15, -0.1) is 0 Å². The number of hydrogen-bond donors (Lipinski definition) is 0. The number of rotatable bonds is 5. The lowest BCUT2D eigenvalue weighted by atomic mass is 10.0. The molecule has 0 atom stereocenters. The zero-order chi connectivity index (χ0) is 16.0. The molecule has 0 aromatic heterocycles. The van der Waals surface area contributed by atoms with Crippen LogP contribution in [-0.4, -0.2) is 30.6 Å². The number of benzene rings is 1. The van der Waals surface area contributed by atoms with Crippen LogP contribution in [0.5, 0.6) is 0 Å². The van der Waals surface area contributed by atoms with Gasteiger partial charge < -0.3 is 9.47 Å². The van der Waals surface area contributed by atoms with E-state index >= 15 is 0 Å². The lowest BCUT2D eigenvalue weighted by molar-refractivity contribution is -0.385. The van der Waals surface area contributed by atoms with E-state index in [1.54, 1.807) is 6.92 Å². The first-order chi connectivity index (χ1) is 9.90. The summed E-state index contributed by atoms with van der Waals surface area (Å²) in [5.74, 6) is -1.25. The highest BCUT2D eigenvalue weighted by Crippen LogP contribution is 2.25. The van der Waals surface area contributed by atoms with Crippen molar-refractivity contribution < 1.29 is 24.0 Å². The Kier molecular flexibility index (Phi) is 5.59. The predicted molar refractivity (Wildman–Crippen MR) is 74.8 cm³/mol. The van der Waals surface area contributed by atoms with Crippen molar-refractivity contribution >= 4 is 23.7 Å². The minimum Gasteiger partial charge on any atom is -0.465 e. The van der Waals surface area contributed by atoms with Crippen molar-refractivity contribution in [1.29, 1.82) is 0 Å². The van der Waals surface area contributed by atoms with Crippen LogP contribution in [0.1, 0.15) is 28.4 Å². The molecule has 0 spiro atoms. The van der Waals surface area contributed by atoms with Crippen molar-refractivity contribution in [2.45, 2.75) is 13.8 Å². The average molecular weight is 293 g/mol. The summed E-state index contributed by atoms with van der Waals surface area (Å²) >= 11 is 0. The standard InChI is InChI=1S/C14H15NO6/c1-4-21-13(16)6-5-10-7-11(14(17)20-3)9(2)12(8-10)15(18)19/h5-8H,4H2,1-3H3. The Morgan fingerprint density at radius 2 is 2.05 bits per heavy atom. The maximum atomic E-state index is 11.6. The van der Waals surface area contributed by atoms with E-state index in [4.69, 9.17) is 4.74 Å². The van der Waals surface area contributed by atoms with Crippen LogP contribution in [0.3, 0.4) is 0 Å². The minimum absolute atomic E-state index is 0.0789. The van der Waals surface area contributed by atoms with Gasteiger partial charge in [-0.1, -0.05) is 0 Å². The van der Waals surface area contributed by atoms with E-state index < -0.39 is 16.9 Å². The third kappa shape index (κ3) is 4.13. The van der Waals surface area contributed by atoms with Crippen molar-refractivity contribution in [1.82, 2.24) is 0 Å². The van der Waals surface area contributed by atoms with Gasteiger partial charge in [-0.2, -0.15) is 0 Å². The number of methoxy groups -OCH3 is 1. The molecule has 0 aliphatic heterocycles. The summed E-state index contributed by atoms with van der Waals surface area (Å²) < 4.78 is 9.31. The zero-order valence-corrected chi connectivity index (χ0v) is 11.9. The first-order valence-electron chi connectivity index (χ1n) is 6.12. The van der Waals surface area contributed by atoms with Crippen LogP contribution in [0.2, 0.25) is 0 Å². The second kappa shape index (κ2) is 7.18. The maximum absolute atomic E-state index is 11.6. The minimum atomic E-state index is -0.679. The number of hydrogen-bond acceptors (Lipinski definition) is 6. The molecule has 21 heavy (non-hydrogen) atoms. The Bertz CT molecular complexity index is 606. The van der Waals surface area contributed by atoms with Gasteiger partial charge in [-0.3, -0.25) is 10.1 Å². The summed E-state index contributed by atoms with van der Waals surface area (Å²) in [6.45, 7) is 3.35. The van der Waals surface area contributed by atoms with Crippen molar-refractivity contribution in [2.75, 3.05) is 13.7 Å². The molecule has 0 bridgehead atoms. The molecular weight excluding hydrogens is 278 g/mol. The summed E-state index contributed by atoms with van der Waals surface area (Å²) in [7, 11) is 1.19. The van der Waals surface area contributed by atoms with Gasteiger partial charge in [0.1, 0.15) is 0 Å². The maximum Gasteiger partial charge on any atom is 0.338 e. The molecule has 1 rings (SSSR count). The number of nitro benzene ring substituents is 1. The molecule has 0 heterocycles. The summed E-state index contributed by atoms with van der Waals surface area (Å²) in [6, 6.07) is 2.70. The van der Waals surface area contributed by atoms with Crippen LogP contribution in [0.4, 0.5) is 5.69 Å². The first kappa shape index (κ1) is 16.4. The van der Waals surface area contributed by atoms with Crippen LogP contribution in [0.25, 0.3) is 6.08 Å². The van der Waals surface area contributed by atoms with Gasteiger partial charge in [-0.05, 0) is 31.6 Å². The molecule has 0 saturated heterocycles. The van der Waals surface area contributed by atoms with E-state index in [1.165, 1.54) is 32.2 Å². The van der Waals surface area contributed by atoms with Gasteiger partial charge in [-0.25, -0.2) is 9.59 Å². The number of carbonyl (C=O) groups is 2. The number of nitro groups is 1. The Labute approximate surface area is 121 Å². The fourth-order valence-electron chi connectivity index (χ4n) is 1.68. The van der Waals surface area contributed by atoms with Crippen molar-refractivity contribution in [3.05, 3.63) is 45.0 Å². The molecule has 0 unspecified atom stereocenters. The van der Waals surface area contributed by atoms with Gasteiger partial charge in [0, 0.05) is 17.7 Å². The highest BCUT2D eigenvalue weighted by Gasteiger charge is 2.20. The molecule has 0 saturated carbocycles. The number of esters is 2. The fraction of sp³-hybridized carbons (Fsp3) is 0.286. The van der Waals surface area contributed by atoms with Crippen molar-refractivity contribution in [3.63, 3.8) is 0 Å². The smallest absolute Gasteiger partial charge is 0.338 e. The molecule has 7 heteroatoms. The topological polar surface area (TPSA) is 95.7 Å². The Balaban J connectivity index is 3.27. The third-order valence-corrected chi connectivity index (χ3v) is 2.70. The van der Waals surface area contributed by atoms with Gasteiger partial charge in [0.05, 0.1) is 24.2 Å². The molecule has 0 aliphatic rings. The van der Waals surface area contributed by atoms with Crippen LogP contribution in [0, 0.1) is 17.0 Å². The average Bonchev–Trinajstić information content (AvgIpc) is 2.45. The van der Waals surface area contributed by atoms with Crippen LogP contribution in [0.15, 0.2) is 18.2 Å². The van der Waals surface area contributed by atoms with Gasteiger partial charge in [0.25, 0.3) is 5.69 Å². The molecule has 0 amide bonds. The summed E-state index contributed by atoms with van der Waals surface area (Å²) in [5, 5.41) is 11.0. The van der Waals surface area contributed by atoms with Crippen LogP contribution >= 0.6 is 0 Å². The number of nitrogens with zero attached hydrogens (tertiary/aromatic N) is 1. The quantitative estimate of drug-likeness (QED) is 0.357. The summed E-state index contributed by atoms with van der Waals surface area (Å²) in [5.41, 5.74) is 0.400. The fourth-order valence-corrected chi connectivity index (χ4v) is 1.68. The molecule has 112 valence electrons. The number of ether oxygens (including phenoxy) is 2. The second-order valence-electron chi connectivity index (χ2n) is 4.05.